The molecule has 2 saturated heterocycles. The highest BCUT2D eigenvalue weighted by Crippen LogP contribution is 2.24. The molecule has 2 heterocycles. The summed E-state index contributed by atoms with van der Waals surface area (Å²) in [6.07, 6.45) is -1.09. The van der Waals surface area contributed by atoms with Crippen molar-refractivity contribution in [3.8, 4) is 0 Å². The summed E-state index contributed by atoms with van der Waals surface area (Å²) in [5.74, 6) is 0. The van der Waals surface area contributed by atoms with Crippen molar-refractivity contribution in [2.45, 2.75) is 11.0 Å². The summed E-state index contributed by atoms with van der Waals surface area (Å²) in [7, 11) is -3.51. The van der Waals surface area contributed by atoms with E-state index in [-0.39, 0.29) is 18.0 Å². The Morgan fingerprint density at radius 3 is 2.43 bits per heavy atom. The summed E-state index contributed by atoms with van der Waals surface area (Å²) in [5, 5.41) is 12.2. The minimum absolute atomic E-state index is 0.203. The lowest BCUT2D eigenvalue weighted by Crippen LogP contribution is -2.46. The molecule has 23 heavy (non-hydrogen) atoms. The predicted molar refractivity (Wildman–Crippen MR) is 82.8 cm³/mol. The lowest BCUT2D eigenvalue weighted by atomic mass is 10.3. The van der Waals surface area contributed by atoms with Gasteiger partial charge in [0, 0.05) is 31.9 Å². The largest absolute Gasteiger partial charge is 0.441 e. The molecule has 1 atom stereocenters. The number of nitrogens with one attached hydrogen (secondary N) is 1. The SMILES string of the molecule is O=C1OC(CO)CN1c1ccc(S(=O)(=O)N2CCNCC2)cc1. The summed E-state index contributed by atoms with van der Waals surface area (Å²) < 4.78 is 31.5. The van der Waals surface area contributed by atoms with Gasteiger partial charge in [0.25, 0.3) is 0 Å². The molecule has 1 amide bonds. The fraction of sp³-hybridized carbons (Fsp3) is 0.500. The van der Waals surface area contributed by atoms with E-state index in [1.54, 1.807) is 12.1 Å². The average molecular weight is 341 g/mol. The first-order valence-electron chi connectivity index (χ1n) is 7.42. The van der Waals surface area contributed by atoms with Gasteiger partial charge in [-0.05, 0) is 24.3 Å². The van der Waals surface area contributed by atoms with Crippen LogP contribution in [0.15, 0.2) is 29.2 Å². The van der Waals surface area contributed by atoms with E-state index in [0.29, 0.717) is 31.9 Å². The standard InChI is InChI=1S/C14H19N3O5S/c18-10-12-9-17(14(19)22-12)11-1-3-13(4-2-11)23(20,21)16-7-5-15-6-8-16/h1-4,12,15,18H,5-10H2. The zero-order valence-corrected chi connectivity index (χ0v) is 13.3. The minimum Gasteiger partial charge on any atom is -0.441 e. The van der Waals surface area contributed by atoms with Crippen LogP contribution in [0.1, 0.15) is 0 Å². The Balaban J connectivity index is 1.78. The molecule has 2 fully saturated rings. The van der Waals surface area contributed by atoms with Crippen molar-refractivity contribution in [3.63, 3.8) is 0 Å². The first-order valence-corrected chi connectivity index (χ1v) is 8.86. The van der Waals surface area contributed by atoms with Crippen LogP contribution in [0.2, 0.25) is 0 Å². The van der Waals surface area contributed by atoms with E-state index in [0.717, 1.165) is 0 Å². The van der Waals surface area contributed by atoms with E-state index in [1.807, 2.05) is 0 Å². The van der Waals surface area contributed by atoms with E-state index < -0.39 is 22.2 Å². The van der Waals surface area contributed by atoms with E-state index in [9.17, 15) is 13.2 Å². The predicted octanol–water partition coefficient (Wildman–Crippen LogP) is -0.402. The highest BCUT2D eigenvalue weighted by molar-refractivity contribution is 7.89. The molecule has 2 aliphatic heterocycles. The maximum Gasteiger partial charge on any atom is 0.414 e. The molecule has 0 radical (unpaired) electrons. The van der Waals surface area contributed by atoms with Crippen LogP contribution >= 0.6 is 0 Å². The fourth-order valence-electron chi connectivity index (χ4n) is 2.66. The fourth-order valence-corrected chi connectivity index (χ4v) is 4.10. The number of ether oxygens (including phenoxy) is 1. The number of rotatable bonds is 4. The zero-order chi connectivity index (χ0) is 16.4. The summed E-state index contributed by atoms with van der Waals surface area (Å²) in [6.45, 7) is 2.18. The van der Waals surface area contributed by atoms with Crippen molar-refractivity contribution >= 4 is 21.8 Å². The minimum atomic E-state index is -3.51. The molecule has 1 aromatic carbocycles. The second-order valence-electron chi connectivity index (χ2n) is 5.45. The number of aliphatic hydroxyl groups is 1. The molecule has 0 aliphatic carbocycles. The number of nitrogens with zero attached hydrogens (tertiary/aromatic N) is 2. The highest BCUT2D eigenvalue weighted by Gasteiger charge is 2.32. The summed E-state index contributed by atoms with van der Waals surface area (Å²) >= 11 is 0. The number of carbonyl (C=O) groups excluding carboxylic acids is 1. The molecule has 8 nitrogen and oxygen atoms in total. The third-order valence-corrected chi connectivity index (χ3v) is 5.85. The van der Waals surface area contributed by atoms with Gasteiger partial charge in [0.2, 0.25) is 10.0 Å². The smallest absolute Gasteiger partial charge is 0.414 e. The number of cyclic esters (lactones) is 1. The van der Waals surface area contributed by atoms with E-state index in [1.165, 1.54) is 21.3 Å². The molecule has 2 aliphatic rings. The number of benzene rings is 1. The molecule has 1 aromatic rings. The van der Waals surface area contributed by atoms with E-state index in [4.69, 9.17) is 9.84 Å². The van der Waals surface area contributed by atoms with Crippen molar-refractivity contribution < 1.29 is 23.1 Å². The maximum absolute atomic E-state index is 12.5. The molecule has 0 spiro atoms. The number of hydrogen-bond donors (Lipinski definition) is 2. The van der Waals surface area contributed by atoms with Crippen LogP contribution < -0.4 is 10.2 Å². The normalized spacial score (nSPS) is 23.1. The summed E-state index contributed by atoms with van der Waals surface area (Å²) in [4.78, 5) is 13.3. The highest BCUT2D eigenvalue weighted by atomic mass is 32.2. The second kappa shape index (κ2) is 6.44. The van der Waals surface area contributed by atoms with Crippen molar-refractivity contribution in [1.29, 1.82) is 0 Å². The van der Waals surface area contributed by atoms with Crippen LogP contribution in [-0.2, 0) is 14.8 Å². The van der Waals surface area contributed by atoms with Crippen molar-refractivity contribution in [2.75, 3.05) is 44.2 Å². The topological polar surface area (TPSA) is 99.2 Å². The van der Waals surface area contributed by atoms with Gasteiger partial charge in [-0.2, -0.15) is 4.31 Å². The van der Waals surface area contributed by atoms with Gasteiger partial charge < -0.3 is 15.2 Å². The number of hydrogen-bond acceptors (Lipinski definition) is 6. The first kappa shape index (κ1) is 16.2. The summed E-state index contributed by atoms with van der Waals surface area (Å²) in [5.41, 5.74) is 0.546. The van der Waals surface area contributed by atoms with Crippen LogP contribution in [0, 0.1) is 0 Å². The van der Waals surface area contributed by atoms with Gasteiger partial charge in [-0.1, -0.05) is 0 Å². The Morgan fingerprint density at radius 2 is 1.87 bits per heavy atom. The Morgan fingerprint density at radius 1 is 1.22 bits per heavy atom. The maximum atomic E-state index is 12.5. The van der Waals surface area contributed by atoms with Crippen LogP contribution in [0.3, 0.4) is 0 Å². The van der Waals surface area contributed by atoms with Crippen molar-refractivity contribution in [1.82, 2.24) is 9.62 Å². The number of sulfonamides is 1. The number of anilines is 1. The van der Waals surface area contributed by atoms with E-state index in [2.05, 4.69) is 5.32 Å². The van der Waals surface area contributed by atoms with Gasteiger partial charge in [0.1, 0.15) is 6.10 Å². The molecule has 126 valence electrons. The van der Waals surface area contributed by atoms with Crippen molar-refractivity contribution in [2.24, 2.45) is 0 Å². The summed E-state index contributed by atoms with van der Waals surface area (Å²) in [6, 6.07) is 6.14. The second-order valence-corrected chi connectivity index (χ2v) is 7.38. The molecule has 2 N–H and O–H groups in total. The lowest BCUT2D eigenvalue weighted by Gasteiger charge is -2.26. The molecule has 0 saturated carbocycles. The van der Waals surface area contributed by atoms with Crippen LogP contribution in [0.5, 0.6) is 0 Å². The molecular formula is C14H19N3O5S. The molecule has 1 unspecified atom stereocenters. The monoisotopic (exact) mass is 341 g/mol. The number of carbonyl (C=O) groups is 1. The third-order valence-electron chi connectivity index (χ3n) is 3.94. The van der Waals surface area contributed by atoms with Gasteiger partial charge in [-0.3, -0.25) is 4.90 Å². The third kappa shape index (κ3) is 3.18. The Labute approximate surface area is 134 Å². The van der Waals surface area contributed by atoms with Gasteiger partial charge in [0.05, 0.1) is 18.0 Å². The zero-order valence-electron chi connectivity index (χ0n) is 12.5. The molecule has 0 aromatic heterocycles. The Hall–Kier alpha value is -1.68. The van der Waals surface area contributed by atoms with Gasteiger partial charge in [0.15, 0.2) is 0 Å². The number of piperazine rings is 1. The van der Waals surface area contributed by atoms with Crippen LogP contribution in [0.25, 0.3) is 0 Å². The van der Waals surface area contributed by atoms with Gasteiger partial charge in [-0.15, -0.1) is 0 Å². The van der Waals surface area contributed by atoms with Gasteiger partial charge in [-0.25, -0.2) is 13.2 Å². The lowest BCUT2D eigenvalue weighted by molar-refractivity contribution is 0.0963. The van der Waals surface area contributed by atoms with Crippen molar-refractivity contribution in [3.05, 3.63) is 24.3 Å². The van der Waals surface area contributed by atoms with Crippen LogP contribution in [0.4, 0.5) is 10.5 Å². The first-order chi connectivity index (χ1) is 11.0. The Bertz CT molecular complexity index is 670. The molecular weight excluding hydrogens is 322 g/mol. The molecule has 9 heteroatoms. The van der Waals surface area contributed by atoms with E-state index >= 15 is 0 Å². The Kier molecular flexibility index (Phi) is 4.53. The number of amides is 1. The number of aliphatic hydroxyl groups excluding tert-OH is 1. The molecule has 3 rings (SSSR count). The van der Waals surface area contributed by atoms with Crippen LogP contribution in [-0.4, -0.2) is 69.4 Å². The molecule has 0 bridgehead atoms. The van der Waals surface area contributed by atoms with Gasteiger partial charge >= 0.3 is 6.09 Å². The average Bonchev–Trinajstić information content (AvgIpc) is 2.97. The quantitative estimate of drug-likeness (QED) is 0.773.